The third-order valence-corrected chi connectivity index (χ3v) is 1.40. The Labute approximate surface area is 61.9 Å². The fourth-order valence-corrected chi connectivity index (χ4v) is 0.986. The maximum absolute atomic E-state index is 5.62. The van der Waals surface area contributed by atoms with Crippen LogP contribution in [-0.4, -0.2) is 6.04 Å². The van der Waals surface area contributed by atoms with E-state index in [1.54, 1.807) is 0 Å². The molecule has 0 fully saturated rings. The van der Waals surface area contributed by atoms with Crippen molar-refractivity contribution in [2.24, 2.45) is 5.73 Å². The van der Waals surface area contributed by atoms with Crippen LogP contribution < -0.4 is 5.73 Å². The second-order valence-electron chi connectivity index (χ2n) is 2.67. The summed E-state index contributed by atoms with van der Waals surface area (Å²) in [5, 5.41) is 0. The molecule has 0 aliphatic heterocycles. The first kappa shape index (κ1) is 7.29. The van der Waals surface area contributed by atoms with Crippen LogP contribution in [0.5, 0.6) is 0 Å². The van der Waals surface area contributed by atoms with Gasteiger partial charge in [-0.2, -0.15) is 0 Å². The Kier molecular flexibility index (Phi) is 2.46. The molecular weight excluding hydrogens is 123 g/mol. The Morgan fingerprint density at radius 2 is 1.90 bits per heavy atom. The highest BCUT2D eigenvalue weighted by Gasteiger charge is 1.94. The molecule has 0 heterocycles. The topological polar surface area (TPSA) is 26.0 Å². The molecular formula is C9H13N. The van der Waals surface area contributed by atoms with Crippen molar-refractivity contribution in [3.63, 3.8) is 0 Å². The molecule has 54 valence electrons. The average Bonchev–Trinajstić information content (AvgIpc) is 1.88. The molecule has 0 unspecified atom stereocenters. The van der Waals surface area contributed by atoms with Crippen LogP contribution in [0.4, 0.5) is 0 Å². The van der Waals surface area contributed by atoms with Gasteiger partial charge in [-0.15, -0.1) is 0 Å². The third-order valence-electron chi connectivity index (χ3n) is 1.40. The molecule has 1 atom stereocenters. The number of hydrogen-bond acceptors (Lipinski definition) is 1. The van der Waals surface area contributed by atoms with Crippen molar-refractivity contribution in [3.05, 3.63) is 35.9 Å². The zero-order valence-electron chi connectivity index (χ0n) is 6.25. The molecule has 0 radical (unpaired) electrons. The Morgan fingerprint density at radius 1 is 1.30 bits per heavy atom. The molecule has 1 rings (SSSR count). The van der Waals surface area contributed by atoms with Crippen molar-refractivity contribution in [2.75, 3.05) is 0 Å². The Hall–Kier alpha value is -0.820. The van der Waals surface area contributed by atoms with Crippen LogP contribution in [-0.2, 0) is 6.42 Å². The summed E-state index contributed by atoms with van der Waals surface area (Å²) in [5.74, 6) is 0. The largest absolute Gasteiger partial charge is 0.328 e. The van der Waals surface area contributed by atoms with Crippen LogP contribution in [0.2, 0.25) is 0 Å². The minimum absolute atomic E-state index is 0.266. The summed E-state index contributed by atoms with van der Waals surface area (Å²) in [4.78, 5) is 0. The van der Waals surface area contributed by atoms with Gasteiger partial charge in [0.2, 0.25) is 0 Å². The lowest BCUT2D eigenvalue weighted by Crippen LogP contribution is -2.17. The molecule has 0 aromatic heterocycles. The van der Waals surface area contributed by atoms with E-state index in [1.807, 2.05) is 25.1 Å². The van der Waals surface area contributed by atoms with Gasteiger partial charge in [0, 0.05) is 6.04 Å². The first-order chi connectivity index (χ1) is 4.79. The van der Waals surface area contributed by atoms with E-state index in [0.29, 0.717) is 0 Å². The summed E-state index contributed by atoms with van der Waals surface area (Å²) in [6.45, 7) is 2.02. The zero-order valence-corrected chi connectivity index (χ0v) is 6.25. The van der Waals surface area contributed by atoms with Gasteiger partial charge < -0.3 is 5.73 Å². The van der Waals surface area contributed by atoms with E-state index in [4.69, 9.17) is 5.73 Å². The standard InChI is InChI=1S/C9H13N/c1-8(10)7-9-5-3-2-4-6-9/h2-6,8H,7,10H2,1H3/t8-/m1/s1/i10+1. The molecule has 0 aliphatic carbocycles. The predicted molar refractivity (Wildman–Crippen MR) is 43.8 cm³/mol. The van der Waals surface area contributed by atoms with E-state index in [2.05, 4.69) is 12.1 Å². The van der Waals surface area contributed by atoms with Crippen LogP contribution in [0.3, 0.4) is 0 Å². The zero-order chi connectivity index (χ0) is 7.40. The summed E-state index contributed by atoms with van der Waals surface area (Å²) in [5.41, 5.74) is 6.94. The molecule has 2 N–H and O–H groups in total. The predicted octanol–water partition coefficient (Wildman–Crippen LogP) is 1.58. The number of rotatable bonds is 2. The minimum atomic E-state index is 0.266. The summed E-state index contributed by atoms with van der Waals surface area (Å²) in [7, 11) is 0. The summed E-state index contributed by atoms with van der Waals surface area (Å²) < 4.78 is 0. The summed E-state index contributed by atoms with van der Waals surface area (Å²) in [6, 6.07) is 10.6. The first-order valence-electron chi connectivity index (χ1n) is 3.58. The van der Waals surface area contributed by atoms with Crippen LogP contribution >= 0.6 is 0 Å². The summed E-state index contributed by atoms with van der Waals surface area (Å²) >= 11 is 0. The minimum Gasteiger partial charge on any atom is -0.328 e. The SMILES string of the molecule is C[C@@H]([15NH2])Cc1ccccc1. The van der Waals surface area contributed by atoms with Crippen molar-refractivity contribution in [2.45, 2.75) is 19.4 Å². The van der Waals surface area contributed by atoms with Gasteiger partial charge in [-0.05, 0) is 18.9 Å². The van der Waals surface area contributed by atoms with Crippen molar-refractivity contribution in [3.8, 4) is 0 Å². The molecule has 0 saturated carbocycles. The van der Waals surface area contributed by atoms with E-state index in [0.717, 1.165) is 6.42 Å². The van der Waals surface area contributed by atoms with E-state index in [-0.39, 0.29) is 6.04 Å². The highest BCUT2D eigenvalue weighted by molar-refractivity contribution is 5.15. The van der Waals surface area contributed by atoms with E-state index in [1.165, 1.54) is 5.56 Å². The maximum Gasteiger partial charge on any atom is 0.00509 e. The average molecular weight is 136 g/mol. The smallest absolute Gasteiger partial charge is 0.00509 e. The second kappa shape index (κ2) is 3.37. The van der Waals surface area contributed by atoms with Gasteiger partial charge in [-0.1, -0.05) is 30.3 Å². The Morgan fingerprint density at radius 3 is 2.40 bits per heavy atom. The highest BCUT2D eigenvalue weighted by atomic mass is 15.4. The van der Waals surface area contributed by atoms with Crippen LogP contribution in [0.15, 0.2) is 30.3 Å². The number of nitrogens with two attached hydrogens (primary N) is 1. The molecule has 10 heavy (non-hydrogen) atoms. The van der Waals surface area contributed by atoms with Gasteiger partial charge in [0.15, 0.2) is 0 Å². The first-order valence-corrected chi connectivity index (χ1v) is 3.58. The van der Waals surface area contributed by atoms with Crippen molar-refractivity contribution in [1.29, 1.82) is 0 Å². The lowest BCUT2D eigenvalue weighted by atomic mass is 10.1. The monoisotopic (exact) mass is 136 g/mol. The fourth-order valence-electron chi connectivity index (χ4n) is 0.986. The molecule has 1 aromatic carbocycles. The molecule has 0 saturated heterocycles. The van der Waals surface area contributed by atoms with Gasteiger partial charge in [-0.3, -0.25) is 0 Å². The van der Waals surface area contributed by atoms with Gasteiger partial charge in [0.25, 0.3) is 0 Å². The quantitative estimate of drug-likeness (QED) is 0.614. The highest BCUT2D eigenvalue weighted by Crippen LogP contribution is 2.00. The van der Waals surface area contributed by atoms with Crippen LogP contribution in [0, 0.1) is 0 Å². The maximum atomic E-state index is 5.62. The van der Waals surface area contributed by atoms with Crippen LogP contribution in [0.25, 0.3) is 0 Å². The molecule has 0 bridgehead atoms. The fraction of sp³-hybridized carbons (Fsp3) is 0.333. The van der Waals surface area contributed by atoms with Gasteiger partial charge >= 0.3 is 0 Å². The van der Waals surface area contributed by atoms with Crippen LogP contribution in [0.1, 0.15) is 12.5 Å². The number of benzene rings is 1. The molecule has 0 aliphatic rings. The van der Waals surface area contributed by atoms with E-state index >= 15 is 0 Å². The lowest BCUT2D eigenvalue weighted by molar-refractivity contribution is 0.738. The Bertz CT molecular complexity index is 179. The van der Waals surface area contributed by atoms with Gasteiger partial charge in [-0.25, -0.2) is 0 Å². The third kappa shape index (κ3) is 2.19. The molecule has 0 spiro atoms. The molecule has 1 nitrogen and oxygen atoms in total. The van der Waals surface area contributed by atoms with Crippen molar-refractivity contribution in [1.82, 2.24) is 0 Å². The summed E-state index contributed by atoms with van der Waals surface area (Å²) in [6.07, 6.45) is 0.973. The second-order valence-corrected chi connectivity index (χ2v) is 2.67. The van der Waals surface area contributed by atoms with Crippen molar-refractivity contribution >= 4 is 0 Å². The molecule has 1 aromatic rings. The van der Waals surface area contributed by atoms with Gasteiger partial charge in [0.05, 0.1) is 0 Å². The number of hydrogen-bond donors (Lipinski definition) is 1. The van der Waals surface area contributed by atoms with Crippen molar-refractivity contribution < 1.29 is 0 Å². The van der Waals surface area contributed by atoms with Gasteiger partial charge in [0.1, 0.15) is 0 Å². The normalized spacial score (nSPS) is 13.0. The molecule has 1 heteroatoms. The van der Waals surface area contributed by atoms with E-state index < -0.39 is 0 Å². The Balaban J connectivity index is 2.59. The molecule has 0 amide bonds. The van der Waals surface area contributed by atoms with E-state index in [9.17, 15) is 0 Å². The lowest BCUT2D eigenvalue weighted by Gasteiger charge is -2.02.